The van der Waals surface area contributed by atoms with Gasteiger partial charge in [-0.3, -0.25) is 4.79 Å². The Labute approximate surface area is 105 Å². The lowest BCUT2D eigenvalue weighted by Crippen LogP contribution is -2.51. The van der Waals surface area contributed by atoms with E-state index in [4.69, 9.17) is 5.11 Å². The summed E-state index contributed by atoms with van der Waals surface area (Å²) in [5.41, 5.74) is 0. The fourth-order valence-corrected chi connectivity index (χ4v) is 2.00. The van der Waals surface area contributed by atoms with Crippen molar-refractivity contribution in [2.45, 2.75) is 43.8 Å². The molecule has 1 fully saturated rings. The van der Waals surface area contributed by atoms with E-state index in [1.54, 1.807) is 0 Å². The van der Waals surface area contributed by atoms with Gasteiger partial charge in [-0.15, -0.1) is 0 Å². The van der Waals surface area contributed by atoms with Crippen molar-refractivity contribution in [1.29, 1.82) is 0 Å². The van der Waals surface area contributed by atoms with Gasteiger partial charge in [-0.1, -0.05) is 0 Å². The van der Waals surface area contributed by atoms with Crippen molar-refractivity contribution < 1.29 is 36.6 Å². The predicted octanol–water partition coefficient (Wildman–Crippen LogP) is 1.94. The second-order valence-electron chi connectivity index (χ2n) is 4.48. The largest absolute Gasteiger partial charge is 0.480 e. The van der Waals surface area contributed by atoms with E-state index in [9.17, 15) is 31.5 Å². The molecule has 0 spiro atoms. The van der Waals surface area contributed by atoms with Crippen LogP contribution in [0.1, 0.15) is 25.7 Å². The van der Waals surface area contributed by atoms with Gasteiger partial charge in [0.05, 0.1) is 0 Å². The Balaban J connectivity index is 2.70. The van der Waals surface area contributed by atoms with Crippen LogP contribution in [0.2, 0.25) is 0 Å². The molecule has 0 radical (unpaired) electrons. The predicted molar refractivity (Wildman–Crippen MR) is 52.5 cm³/mol. The maximum atomic E-state index is 12.9. The summed E-state index contributed by atoms with van der Waals surface area (Å²) in [7, 11) is 0. The molecule has 2 N–H and O–H groups in total. The third-order valence-corrected chi connectivity index (χ3v) is 3.04. The molecule has 1 saturated carbocycles. The van der Waals surface area contributed by atoms with Crippen molar-refractivity contribution in [3.63, 3.8) is 0 Å². The summed E-state index contributed by atoms with van der Waals surface area (Å²) < 4.78 is 61.9. The molecule has 1 aliphatic carbocycles. The number of aliphatic carboxylic acids is 1. The first-order valence-electron chi connectivity index (χ1n) is 5.51. The molecule has 1 aliphatic rings. The van der Waals surface area contributed by atoms with Crippen molar-refractivity contribution in [2.75, 3.05) is 0 Å². The molecule has 0 aromatic heterocycles. The number of carbonyl (C=O) groups is 2. The van der Waals surface area contributed by atoms with Crippen LogP contribution in [0, 0.1) is 5.92 Å². The third-order valence-electron chi connectivity index (χ3n) is 3.04. The highest BCUT2D eigenvalue weighted by atomic mass is 19.4. The fourth-order valence-electron chi connectivity index (χ4n) is 2.00. The molecule has 0 saturated heterocycles. The maximum absolute atomic E-state index is 12.9. The number of carbonyl (C=O) groups excluding carboxylic acids is 1. The second-order valence-corrected chi connectivity index (χ2v) is 4.48. The standard InChI is InChI=1S/C10H12F5NO3/c11-9(12)3-1-5(2-4-9)6(7(17)18)16-8(19)10(13,14)15/h5-6H,1-4H2,(H,16,19)(H,17,18). The van der Waals surface area contributed by atoms with Crippen LogP contribution < -0.4 is 5.32 Å². The van der Waals surface area contributed by atoms with Gasteiger partial charge >= 0.3 is 18.1 Å². The lowest BCUT2D eigenvalue weighted by molar-refractivity contribution is -0.176. The number of rotatable bonds is 3. The van der Waals surface area contributed by atoms with Crippen LogP contribution in [0.3, 0.4) is 0 Å². The molecular weight excluding hydrogens is 277 g/mol. The summed E-state index contributed by atoms with van der Waals surface area (Å²) in [5, 5.41) is 10.1. The number of carboxylic acid groups (broad SMARTS) is 1. The van der Waals surface area contributed by atoms with E-state index in [1.165, 1.54) is 5.32 Å². The molecular formula is C10H12F5NO3. The Kier molecular flexibility index (Phi) is 4.36. The minimum Gasteiger partial charge on any atom is -0.480 e. The van der Waals surface area contributed by atoms with Gasteiger partial charge in [0.2, 0.25) is 5.92 Å². The first kappa shape index (κ1) is 15.6. The van der Waals surface area contributed by atoms with Gasteiger partial charge in [0.25, 0.3) is 0 Å². The van der Waals surface area contributed by atoms with Crippen LogP contribution in [0.25, 0.3) is 0 Å². The number of amides is 1. The van der Waals surface area contributed by atoms with E-state index >= 15 is 0 Å². The number of carboxylic acids is 1. The van der Waals surface area contributed by atoms with Gasteiger partial charge in [-0.05, 0) is 18.8 Å². The normalized spacial score (nSPS) is 21.7. The zero-order valence-electron chi connectivity index (χ0n) is 9.64. The first-order chi connectivity index (χ1) is 8.53. The number of nitrogens with one attached hydrogen (secondary N) is 1. The Bertz CT molecular complexity index is 359. The highest BCUT2D eigenvalue weighted by Gasteiger charge is 2.45. The fraction of sp³-hybridized carbons (Fsp3) is 0.800. The van der Waals surface area contributed by atoms with Crippen molar-refractivity contribution in [3.05, 3.63) is 0 Å². The summed E-state index contributed by atoms with van der Waals surface area (Å²) in [6.45, 7) is 0. The van der Waals surface area contributed by atoms with E-state index < -0.39 is 48.8 Å². The molecule has 19 heavy (non-hydrogen) atoms. The third kappa shape index (κ3) is 4.32. The smallest absolute Gasteiger partial charge is 0.471 e. The van der Waals surface area contributed by atoms with E-state index in [1.807, 2.05) is 0 Å². The Hall–Kier alpha value is -1.41. The van der Waals surface area contributed by atoms with Crippen LogP contribution >= 0.6 is 0 Å². The number of hydrogen-bond acceptors (Lipinski definition) is 2. The SMILES string of the molecule is O=C(O)C(NC(=O)C(F)(F)F)C1CCC(F)(F)CC1. The number of alkyl halides is 5. The van der Waals surface area contributed by atoms with Gasteiger partial charge < -0.3 is 10.4 Å². The second kappa shape index (κ2) is 5.30. The molecule has 4 nitrogen and oxygen atoms in total. The zero-order chi connectivity index (χ0) is 14.8. The maximum Gasteiger partial charge on any atom is 0.471 e. The number of halogens is 5. The zero-order valence-corrected chi connectivity index (χ0v) is 9.64. The van der Waals surface area contributed by atoms with Gasteiger partial charge in [-0.25, -0.2) is 13.6 Å². The van der Waals surface area contributed by atoms with Crippen molar-refractivity contribution in [1.82, 2.24) is 5.32 Å². The summed E-state index contributed by atoms with van der Waals surface area (Å²) in [6, 6.07) is -1.80. The molecule has 9 heteroatoms. The van der Waals surface area contributed by atoms with Crippen molar-refractivity contribution in [3.8, 4) is 0 Å². The van der Waals surface area contributed by atoms with E-state index in [0.717, 1.165) is 0 Å². The molecule has 1 amide bonds. The lowest BCUT2D eigenvalue weighted by atomic mass is 9.82. The van der Waals surface area contributed by atoms with E-state index in [-0.39, 0.29) is 12.8 Å². The first-order valence-corrected chi connectivity index (χ1v) is 5.51. The molecule has 1 unspecified atom stereocenters. The summed E-state index contributed by atoms with van der Waals surface area (Å²) in [4.78, 5) is 21.6. The minimum atomic E-state index is -5.20. The van der Waals surface area contributed by atoms with E-state index in [2.05, 4.69) is 0 Å². The Morgan fingerprint density at radius 2 is 1.68 bits per heavy atom. The van der Waals surface area contributed by atoms with Gasteiger partial charge in [0, 0.05) is 12.8 Å². The molecule has 1 atom stereocenters. The topological polar surface area (TPSA) is 66.4 Å². The minimum absolute atomic E-state index is 0.248. The Morgan fingerprint density at radius 1 is 1.21 bits per heavy atom. The monoisotopic (exact) mass is 289 g/mol. The van der Waals surface area contributed by atoms with Crippen molar-refractivity contribution in [2.24, 2.45) is 5.92 Å². The molecule has 1 rings (SSSR count). The van der Waals surface area contributed by atoms with Crippen LogP contribution in [0.4, 0.5) is 22.0 Å². The average Bonchev–Trinajstić information content (AvgIpc) is 2.24. The Morgan fingerprint density at radius 3 is 2.05 bits per heavy atom. The van der Waals surface area contributed by atoms with Crippen LogP contribution in [0.5, 0.6) is 0 Å². The highest BCUT2D eigenvalue weighted by Crippen LogP contribution is 2.37. The van der Waals surface area contributed by atoms with Gasteiger partial charge in [-0.2, -0.15) is 13.2 Å². The summed E-state index contributed by atoms with van der Waals surface area (Å²) in [6.07, 6.45) is -6.89. The lowest BCUT2D eigenvalue weighted by Gasteiger charge is -2.32. The summed E-state index contributed by atoms with van der Waals surface area (Å²) >= 11 is 0. The molecule has 0 aromatic rings. The van der Waals surface area contributed by atoms with E-state index in [0.29, 0.717) is 0 Å². The molecule has 110 valence electrons. The molecule has 0 aromatic carbocycles. The number of hydrogen-bond donors (Lipinski definition) is 2. The molecule has 0 bridgehead atoms. The van der Waals surface area contributed by atoms with Crippen LogP contribution in [0.15, 0.2) is 0 Å². The van der Waals surface area contributed by atoms with Gasteiger partial charge in [0.1, 0.15) is 6.04 Å². The highest BCUT2D eigenvalue weighted by molar-refractivity contribution is 5.87. The molecule has 0 aliphatic heterocycles. The van der Waals surface area contributed by atoms with Gasteiger partial charge in [0.15, 0.2) is 0 Å². The molecule has 0 heterocycles. The quantitative estimate of drug-likeness (QED) is 0.780. The van der Waals surface area contributed by atoms with Crippen LogP contribution in [-0.2, 0) is 9.59 Å². The summed E-state index contributed by atoms with van der Waals surface area (Å²) in [5.74, 6) is -7.89. The van der Waals surface area contributed by atoms with Crippen LogP contribution in [-0.4, -0.2) is 35.1 Å². The average molecular weight is 289 g/mol. The van der Waals surface area contributed by atoms with Crippen molar-refractivity contribution >= 4 is 11.9 Å².